The number of aromatic nitrogens is 1. The van der Waals surface area contributed by atoms with Crippen LogP contribution in [0.5, 0.6) is 0 Å². The van der Waals surface area contributed by atoms with Gasteiger partial charge in [-0.05, 0) is 55.0 Å². The number of halogens is 3. The third-order valence-electron chi connectivity index (χ3n) is 4.26. The normalized spacial score (nSPS) is 11.9. The molecule has 0 aliphatic heterocycles. The van der Waals surface area contributed by atoms with E-state index in [-0.39, 0.29) is 21.2 Å². The fraction of sp³-hybridized carbons (Fsp3) is 0.0952. The van der Waals surface area contributed by atoms with Crippen LogP contribution in [0, 0.1) is 0 Å². The molecule has 0 unspecified atom stereocenters. The first kappa shape index (κ1) is 21.0. The minimum absolute atomic E-state index is 0.0579. The largest absolute Gasteiger partial charge is 0.300 e. The summed E-state index contributed by atoms with van der Waals surface area (Å²) in [6, 6.07) is 11.9. The van der Waals surface area contributed by atoms with Gasteiger partial charge in [0.15, 0.2) is 0 Å². The highest BCUT2D eigenvalue weighted by Gasteiger charge is 2.37. The Morgan fingerprint density at radius 2 is 1.69 bits per heavy atom. The Morgan fingerprint density at radius 1 is 1.07 bits per heavy atom. The molecule has 8 heteroatoms. The summed E-state index contributed by atoms with van der Waals surface area (Å²) >= 11 is 5.91. The molecule has 0 fully saturated rings. The summed E-state index contributed by atoms with van der Waals surface area (Å²) in [5.41, 5.74) is 0.402. The minimum Gasteiger partial charge on any atom is -0.279 e. The second-order valence-corrected chi connectivity index (χ2v) is 8.53. The van der Waals surface area contributed by atoms with E-state index < -0.39 is 21.5 Å². The Morgan fingerprint density at radius 3 is 2.28 bits per heavy atom. The Kier molecular flexibility index (Phi) is 5.73. The number of allylic oxidation sites excluding steroid dienone is 1. The maximum Gasteiger partial charge on any atom is 0.300 e. The van der Waals surface area contributed by atoms with Gasteiger partial charge in [-0.3, -0.25) is 9.71 Å². The van der Waals surface area contributed by atoms with E-state index in [4.69, 9.17) is 11.6 Å². The summed E-state index contributed by atoms with van der Waals surface area (Å²) in [5.74, 6) is -3.49. The molecule has 0 aliphatic carbocycles. The first-order chi connectivity index (χ1) is 13.6. The van der Waals surface area contributed by atoms with E-state index in [0.29, 0.717) is 0 Å². The number of anilines is 1. The van der Waals surface area contributed by atoms with Crippen LogP contribution in [0.2, 0.25) is 5.02 Å². The number of nitrogens with one attached hydrogen (secondary N) is 1. The van der Waals surface area contributed by atoms with E-state index in [9.17, 15) is 8.42 Å². The molecule has 1 aromatic heterocycles. The predicted molar refractivity (Wildman–Crippen MR) is 111 cm³/mol. The number of hydrogen-bond acceptors (Lipinski definition) is 3. The predicted octanol–water partition coefficient (Wildman–Crippen LogP) is 5.71. The quantitative estimate of drug-likeness (QED) is 0.540. The molecule has 150 valence electrons. The van der Waals surface area contributed by atoms with E-state index in [1.54, 1.807) is 19.1 Å². The van der Waals surface area contributed by atoms with Gasteiger partial charge in [0.1, 0.15) is 0 Å². The Hall–Kier alpha value is -2.77. The topological polar surface area (TPSA) is 59.1 Å². The van der Waals surface area contributed by atoms with Crippen molar-refractivity contribution in [2.24, 2.45) is 0 Å². The fourth-order valence-electron chi connectivity index (χ4n) is 2.70. The van der Waals surface area contributed by atoms with E-state index in [1.165, 1.54) is 36.7 Å². The zero-order valence-electron chi connectivity index (χ0n) is 15.4. The summed E-state index contributed by atoms with van der Waals surface area (Å²) in [4.78, 5) is 3.67. The number of benzene rings is 2. The van der Waals surface area contributed by atoms with E-state index in [1.807, 2.05) is 0 Å². The summed E-state index contributed by atoms with van der Waals surface area (Å²) in [5, 5.41) is 0.0579. The maximum atomic E-state index is 15.1. The molecule has 29 heavy (non-hydrogen) atoms. The van der Waals surface area contributed by atoms with Gasteiger partial charge in [-0.15, -0.1) is 0 Å². The third-order valence-corrected chi connectivity index (χ3v) is 5.88. The monoisotopic (exact) mass is 434 g/mol. The van der Waals surface area contributed by atoms with Gasteiger partial charge in [0.25, 0.3) is 10.0 Å². The molecule has 0 spiro atoms. The van der Waals surface area contributed by atoms with Crippen molar-refractivity contribution >= 4 is 32.9 Å². The van der Waals surface area contributed by atoms with Gasteiger partial charge >= 0.3 is 5.92 Å². The van der Waals surface area contributed by atoms with E-state index >= 15 is 8.78 Å². The molecule has 0 amide bonds. The maximum absolute atomic E-state index is 15.1. The van der Waals surface area contributed by atoms with Crippen molar-refractivity contribution in [2.45, 2.75) is 17.7 Å². The van der Waals surface area contributed by atoms with Crippen LogP contribution in [0.4, 0.5) is 14.5 Å². The van der Waals surface area contributed by atoms with Crippen LogP contribution in [-0.4, -0.2) is 13.4 Å². The molecule has 0 atom stereocenters. The Bertz CT molecular complexity index is 1150. The van der Waals surface area contributed by atoms with Gasteiger partial charge < -0.3 is 0 Å². The summed E-state index contributed by atoms with van der Waals surface area (Å²) in [6.45, 7) is 5.59. The number of sulfonamides is 1. The highest BCUT2D eigenvalue weighted by Crippen LogP contribution is 2.41. The number of pyridine rings is 1. The second kappa shape index (κ2) is 7.93. The van der Waals surface area contributed by atoms with Gasteiger partial charge in [0.05, 0.1) is 16.1 Å². The summed E-state index contributed by atoms with van der Waals surface area (Å²) < 4.78 is 58.0. The zero-order chi connectivity index (χ0) is 21.2. The molecular formula is C21H17ClF2N2O2S. The molecular weight excluding hydrogens is 418 g/mol. The molecule has 0 aliphatic rings. The second-order valence-electron chi connectivity index (χ2n) is 6.41. The first-order valence-electron chi connectivity index (χ1n) is 8.48. The molecule has 0 saturated heterocycles. The lowest BCUT2D eigenvalue weighted by Crippen LogP contribution is -2.21. The lowest BCUT2D eigenvalue weighted by atomic mass is 10.00. The Labute approximate surface area is 172 Å². The molecule has 3 aromatic rings. The van der Waals surface area contributed by atoms with Crippen LogP contribution in [0.15, 0.2) is 78.5 Å². The molecule has 0 bridgehead atoms. The molecule has 1 heterocycles. The van der Waals surface area contributed by atoms with Crippen LogP contribution in [-0.2, 0) is 15.9 Å². The van der Waals surface area contributed by atoms with Crippen LogP contribution >= 0.6 is 11.6 Å². The molecule has 1 N–H and O–H groups in total. The van der Waals surface area contributed by atoms with Crippen molar-refractivity contribution in [1.29, 1.82) is 0 Å². The third kappa shape index (κ3) is 4.46. The average molecular weight is 435 g/mol. The summed E-state index contributed by atoms with van der Waals surface area (Å²) in [6.07, 6.45) is 2.47. The molecule has 0 saturated carbocycles. The molecule has 3 rings (SSSR count). The van der Waals surface area contributed by atoms with Crippen molar-refractivity contribution in [3.8, 4) is 0 Å². The number of hydrogen-bond donors (Lipinski definition) is 1. The minimum atomic E-state index is -4.10. The zero-order valence-corrected chi connectivity index (χ0v) is 16.9. The molecule has 4 nitrogen and oxygen atoms in total. The number of rotatable bonds is 6. The van der Waals surface area contributed by atoms with E-state index in [0.717, 1.165) is 29.3 Å². The highest BCUT2D eigenvalue weighted by atomic mass is 35.5. The number of alkyl halides is 2. The van der Waals surface area contributed by atoms with Gasteiger partial charge in [0, 0.05) is 23.0 Å². The smallest absolute Gasteiger partial charge is 0.279 e. The van der Waals surface area contributed by atoms with Crippen LogP contribution in [0.25, 0.3) is 5.57 Å². The summed E-state index contributed by atoms with van der Waals surface area (Å²) in [7, 11) is -4.10. The van der Waals surface area contributed by atoms with Crippen molar-refractivity contribution in [3.05, 3.63) is 95.3 Å². The highest BCUT2D eigenvalue weighted by molar-refractivity contribution is 7.92. The van der Waals surface area contributed by atoms with Crippen molar-refractivity contribution in [1.82, 2.24) is 4.98 Å². The van der Waals surface area contributed by atoms with Crippen LogP contribution in [0.3, 0.4) is 0 Å². The van der Waals surface area contributed by atoms with Gasteiger partial charge in [-0.2, -0.15) is 8.78 Å². The fourth-order valence-corrected chi connectivity index (χ4v) is 3.96. The SMILES string of the molecule is C=C(C)c1ccc(S(=O)(=O)Nc2ccc(Cl)cc2C(F)(F)c2ccncc2)cc1. The van der Waals surface area contributed by atoms with Crippen molar-refractivity contribution < 1.29 is 17.2 Å². The molecule has 0 radical (unpaired) electrons. The first-order valence-corrected chi connectivity index (χ1v) is 10.3. The molecule has 2 aromatic carbocycles. The number of nitrogens with zero attached hydrogens (tertiary/aromatic N) is 1. The average Bonchev–Trinajstić information content (AvgIpc) is 2.70. The standard InChI is InChI=1S/C21H17ClF2N2O2S/c1-14(2)15-3-6-18(7-4-15)29(27,28)26-20-8-5-17(22)13-19(20)21(23,24)16-9-11-25-12-10-16/h3-13,26H,1H2,2H3. The van der Waals surface area contributed by atoms with E-state index in [2.05, 4.69) is 16.3 Å². The van der Waals surface area contributed by atoms with Crippen LogP contribution in [0.1, 0.15) is 23.6 Å². The lowest BCUT2D eigenvalue weighted by Gasteiger charge is -2.21. The van der Waals surface area contributed by atoms with Crippen LogP contribution < -0.4 is 4.72 Å². The van der Waals surface area contributed by atoms with Gasteiger partial charge in [0.2, 0.25) is 0 Å². The Balaban J connectivity index is 2.03. The van der Waals surface area contributed by atoms with Crippen molar-refractivity contribution in [3.63, 3.8) is 0 Å². The van der Waals surface area contributed by atoms with Gasteiger partial charge in [-0.25, -0.2) is 8.42 Å². The lowest BCUT2D eigenvalue weighted by molar-refractivity contribution is 0.0436. The van der Waals surface area contributed by atoms with Gasteiger partial charge in [-0.1, -0.05) is 35.9 Å². The van der Waals surface area contributed by atoms with Crippen molar-refractivity contribution in [2.75, 3.05) is 4.72 Å².